The molecule has 0 amide bonds. The van der Waals surface area contributed by atoms with Crippen LogP contribution < -0.4 is 10.6 Å². The second-order valence-electron chi connectivity index (χ2n) is 4.84. The molecular formula is C14H24IN3S2. The summed E-state index contributed by atoms with van der Waals surface area (Å²) in [5, 5.41) is 12.0. The van der Waals surface area contributed by atoms with E-state index in [2.05, 4.69) is 45.6 Å². The normalized spacial score (nSPS) is 22.4. The summed E-state index contributed by atoms with van der Waals surface area (Å²) < 4.78 is 0. The summed E-state index contributed by atoms with van der Waals surface area (Å²) in [7, 11) is 0. The molecule has 0 aromatic carbocycles. The van der Waals surface area contributed by atoms with Crippen LogP contribution in [0, 0.1) is 0 Å². The van der Waals surface area contributed by atoms with Crippen LogP contribution in [0.1, 0.15) is 31.7 Å². The average molecular weight is 425 g/mol. The molecule has 0 spiro atoms. The Morgan fingerprint density at radius 3 is 2.95 bits per heavy atom. The topological polar surface area (TPSA) is 36.4 Å². The maximum atomic E-state index is 4.66. The summed E-state index contributed by atoms with van der Waals surface area (Å²) in [6.07, 6.45) is 6.05. The lowest BCUT2D eigenvalue weighted by molar-refractivity contribution is 0.615. The number of nitrogens with zero attached hydrogens (tertiary/aromatic N) is 1. The van der Waals surface area contributed by atoms with E-state index < -0.39 is 0 Å². The highest BCUT2D eigenvalue weighted by Crippen LogP contribution is 2.28. The van der Waals surface area contributed by atoms with Gasteiger partial charge in [0.2, 0.25) is 0 Å². The number of nitrogens with one attached hydrogen (secondary N) is 2. The zero-order valence-corrected chi connectivity index (χ0v) is 16.1. The first-order valence-corrected chi connectivity index (χ1v) is 9.13. The lowest BCUT2D eigenvalue weighted by atomic mass is 10.2. The van der Waals surface area contributed by atoms with Crippen LogP contribution in [-0.2, 0) is 6.54 Å². The van der Waals surface area contributed by atoms with Gasteiger partial charge in [-0.3, -0.25) is 0 Å². The minimum absolute atomic E-state index is 0. The Hall–Kier alpha value is 0.0500. The van der Waals surface area contributed by atoms with Crippen molar-refractivity contribution >= 4 is 53.0 Å². The van der Waals surface area contributed by atoms with Crippen molar-refractivity contribution in [2.75, 3.05) is 12.8 Å². The van der Waals surface area contributed by atoms with Crippen molar-refractivity contribution in [1.29, 1.82) is 0 Å². The number of thiophene rings is 1. The molecule has 1 saturated carbocycles. The number of thioether (sulfide) groups is 1. The number of guanidine groups is 1. The third-order valence-corrected chi connectivity index (χ3v) is 5.23. The summed E-state index contributed by atoms with van der Waals surface area (Å²) in [5.74, 6) is 0.959. The van der Waals surface area contributed by atoms with Crippen LogP contribution in [0.5, 0.6) is 0 Å². The van der Waals surface area contributed by atoms with Gasteiger partial charge < -0.3 is 10.6 Å². The molecule has 0 bridgehead atoms. The van der Waals surface area contributed by atoms with Crippen LogP contribution in [-0.4, -0.2) is 30.1 Å². The third-order valence-electron chi connectivity index (χ3n) is 3.40. The summed E-state index contributed by atoms with van der Waals surface area (Å²) in [5.41, 5.74) is 1.29. The van der Waals surface area contributed by atoms with Gasteiger partial charge in [-0.05, 0) is 54.8 Å². The maximum Gasteiger partial charge on any atom is 0.191 e. The minimum Gasteiger partial charge on any atom is -0.357 e. The number of hydrogen-bond acceptors (Lipinski definition) is 3. The van der Waals surface area contributed by atoms with Gasteiger partial charge in [0.1, 0.15) is 0 Å². The second-order valence-corrected chi connectivity index (χ2v) is 6.76. The summed E-state index contributed by atoms with van der Waals surface area (Å²) in [6.45, 7) is 3.78. The van der Waals surface area contributed by atoms with Crippen LogP contribution in [0.25, 0.3) is 0 Å². The largest absolute Gasteiger partial charge is 0.357 e. The molecule has 6 heteroatoms. The number of aliphatic imine (C=N–C) groups is 1. The van der Waals surface area contributed by atoms with Crippen LogP contribution in [0.15, 0.2) is 21.8 Å². The van der Waals surface area contributed by atoms with Crippen molar-refractivity contribution in [2.24, 2.45) is 4.99 Å². The predicted molar refractivity (Wildman–Crippen MR) is 103 cm³/mol. The Balaban J connectivity index is 0.00000200. The highest BCUT2D eigenvalue weighted by atomic mass is 127. The Labute approximate surface area is 147 Å². The monoisotopic (exact) mass is 425 g/mol. The molecule has 2 atom stereocenters. The van der Waals surface area contributed by atoms with Gasteiger partial charge in [0.05, 0.1) is 6.54 Å². The first-order chi connectivity index (χ1) is 9.31. The van der Waals surface area contributed by atoms with E-state index in [-0.39, 0.29) is 24.0 Å². The number of rotatable bonds is 5. The first kappa shape index (κ1) is 18.1. The zero-order chi connectivity index (χ0) is 13.5. The van der Waals surface area contributed by atoms with E-state index >= 15 is 0 Å². The maximum absolute atomic E-state index is 4.66. The summed E-state index contributed by atoms with van der Waals surface area (Å²) in [6, 6.07) is 2.72. The molecule has 1 aliphatic rings. The van der Waals surface area contributed by atoms with E-state index in [0.29, 0.717) is 6.04 Å². The van der Waals surface area contributed by atoms with Crippen LogP contribution in [0.3, 0.4) is 0 Å². The van der Waals surface area contributed by atoms with E-state index in [1.807, 2.05) is 11.8 Å². The molecule has 1 fully saturated rings. The van der Waals surface area contributed by atoms with Crippen LogP contribution in [0.4, 0.5) is 0 Å². The fourth-order valence-electron chi connectivity index (χ4n) is 2.35. The number of hydrogen-bond donors (Lipinski definition) is 2. The molecule has 1 heterocycles. The van der Waals surface area contributed by atoms with E-state index in [4.69, 9.17) is 0 Å². The Bertz CT molecular complexity index is 395. The van der Waals surface area contributed by atoms with Gasteiger partial charge >= 0.3 is 0 Å². The third kappa shape index (κ3) is 5.81. The van der Waals surface area contributed by atoms with Gasteiger partial charge in [-0.25, -0.2) is 4.99 Å². The minimum atomic E-state index is 0. The second kappa shape index (κ2) is 9.89. The van der Waals surface area contributed by atoms with Crippen LogP contribution in [0.2, 0.25) is 0 Å². The van der Waals surface area contributed by atoms with Gasteiger partial charge in [0.15, 0.2) is 5.96 Å². The van der Waals surface area contributed by atoms with Crippen molar-refractivity contribution in [3.05, 3.63) is 22.4 Å². The highest BCUT2D eigenvalue weighted by Gasteiger charge is 2.24. The molecule has 0 radical (unpaired) electrons. The van der Waals surface area contributed by atoms with Gasteiger partial charge in [0.25, 0.3) is 0 Å². The van der Waals surface area contributed by atoms with E-state index in [1.54, 1.807) is 11.3 Å². The quantitative estimate of drug-likeness (QED) is 0.429. The smallest absolute Gasteiger partial charge is 0.191 e. The van der Waals surface area contributed by atoms with Gasteiger partial charge in [-0.1, -0.05) is 0 Å². The molecule has 0 aliphatic heterocycles. The molecule has 0 saturated heterocycles. The van der Waals surface area contributed by atoms with Gasteiger partial charge in [0, 0.05) is 17.8 Å². The molecule has 2 rings (SSSR count). The molecule has 2 unspecified atom stereocenters. The molecule has 20 heavy (non-hydrogen) atoms. The summed E-state index contributed by atoms with van der Waals surface area (Å²) >= 11 is 3.72. The molecule has 3 nitrogen and oxygen atoms in total. The van der Waals surface area contributed by atoms with Gasteiger partial charge in [-0.2, -0.15) is 23.1 Å². The lowest BCUT2D eigenvalue weighted by Gasteiger charge is -2.17. The SMILES string of the molecule is CCNC(=NCc1ccsc1)NC1CCC(SC)C1.I. The van der Waals surface area contributed by atoms with Crippen molar-refractivity contribution in [3.63, 3.8) is 0 Å². The molecule has 2 N–H and O–H groups in total. The predicted octanol–water partition coefficient (Wildman–Crippen LogP) is 3.71. The Morgan fingerprint density at radius 1 is 1.50 bits per heavy atom. The molecular weight excluding hydrogens is 401 g/mol. The molecule has 1 aromatic rings. The van der Waals surface area contributed by atoms with Crippen molar-refractivity contribution in [1.82, 2.24) is 10.6 Å². The Kier molecular flexibility index (Phi) is 8.95. The van der Waals surface area contributed by atoms with E-state index in [9.17, 15) is 0 Å². The highest BCUT2D eigenvalue weighted by molar-refractivity contribution is 14.0. The van der Waals surface area contributed by atoms with Crippen molar-refractivity contribution < 1.29 is 0 Å². The van der Waals surface area contributed by atoms with Crippen molar-refractivity contribution in [2.45, 2.75) is 44.0 Å². The van der Waals surface area contributed by atoms with Gasteiger partial charge in [-0.15, -0.1) is 24.0 Å². The summed E-state index contributed by atoms with van der Waals surface area (Å²) in [4.78, 5) is 4.66. The van der Waals surface area contributed by atoms with E-state index in [1.165, 1.54) is 24.8 Å². The lowest BCUT2D eigenvalue weighted by Crippen LogP contribution is -2.42. The molecule has 114 valence electrons. The molecule has 1 aromatic heterocycles. The fourth-order valence-corrected chi connectivity index (χ4v) is 3.81. The molecule has 1 aliphatic carbocycles. The first-order valence-electron chi connectivity index (χ1n) is 6.90. The fraction of sp³-hybridized carbons (Fsp3) is 0.643. The Morgan fingerprint density at radius 2 is 2.35 bits per heavy atom. The van der Waals surface area contributed by atoms with E-state index in [0.717, 1.165) is 24.3 Å². The van der Waals surface area contributed by atoms with Crippen molar-refractivity contribution in [3.8, 4) is 0 Å². The number of halogens is 1. The standard InChI is InChI=1S/C14H23N3S2.HI/c1-3-15-14(16-9-11-6-7-19-10-11)17-12-4-5-13(8-12)18-2;/h6-7,10,12-13H,3-5,8-9H2,1-2H3,(H2,15,16,17);1H. The average Bonchev–Trinajstić information content (AvgIpc) is 3.07. The van der Waals surface area contributed by atoms with Crippen LogP contribution >= 0.6 is 47.1 Å². The zero-order valence-electron chi connectivity index (χ0n) is 12.1.